The second-order valence-corrected chi connectivity index (χ2v) is 5.48. The van der Waals surface area contributed by atoms with Crippen molar-refractivity contribution in [1.82, 2.24) is 10.6 Å². The normalized spacial score (nSPS) is 14.8. The van der Waals surface area contributed by atoms with Gasteiger partial charge in [0, 0.05) is 18.0 Å². The molecule has 1 heterocycles. The summed E-state index contributed by atoms with van der Waals surface area (Å²) in [7, 11) is 0. The van der Waals surface area contributed by atoms with E-state index < -0.39 is 6.36 Å². The summed E-state index contributed by atoms with van der Waals surface area (Å²) in [6.45, 7) is 2.63. The average Bonchev–Trinajstić information content (AvgIpc) is 3.28. The molecule has 1 aliphatic rings. The van der Waals surface area contributed by atoms with Gasteiger partial charge in [0.1, 0.15) is 17.2 Å². The van der Waals surface area contributed by atoms with Crippen molar-refractivity contribution in [2.24, 2.45) is 0 Å². The van der Waals surface area contributed by atoms with Crippen molar-refractivity contribution >= 4 is 0 Å². The fraction of sp³-hybridized carbons (Fsp3) is 0.438. The molecule has 1 aromatic heterocycles. The standard InChI is InChI=1S/C16H17F3N2O3/c1-2-20-22-9-12-14(21-24-15(12)10-7-8-10)11-5-3-4-6-13(11)23-16(17,18)19/h3-6,10,20H,2,7-9H2,1H3. The number of halogens is 3. The van der Waals surface area contributed by atoms with Crippen LogP contribution in [0.4, 0.5) is 13.2 Å². The third-order valence-corrected chi connectivity index (χ3v) is 3.60. The van der Waals surface area contributed by atoms with Crippen molar-refractivity contribution in [2.75, 3.05) is 6.54 Å². The molecule has 0 radical (unpaired) electrons. The van der Waals surface area contributed by atoms with Crippen LogP contribution in [0.2, 0.25) is 0 Å². The minimum atomic E-state index is -4.78. The number of benzene rings is 1. The van der Waals surface area contributed by atoms with Crippen LogP contribution < -0.4 is 10.2 Å². The monoisotopic (exact) mass is 342 g/mol. The zero-order valence-corrected chi connectivity index (χ0v) is 13.0. The van der Waals surface area contributed by atoms with Crippen molar-refractivity contribution in [1.29, 1.82) is 0 Å². The summed E-state index contributed by atoms with van der Waals surface area (Å²) in [4.78, 5) is 5.34. The highest BCUT2D eigenvalue weighted by atomic mass is 19.4. The van der Waals surface area contributed by atoms with Crippen LogP contribution in [-0.4, -0.2) is 18.1 Å². The summed E-state index contributed by atoms with van der Waals surface area (Å²) in [6.07, 6.45) is -2.83. The van der Waals surface area contributed by atoms with Gasteiger partial charge in [-0.15, -0.1) is 13.2 Å². The molecule has 0 amide bonds. The molecule has 5 nitrogen and oxygen atoms in total. The van der Waals surface area contributed by atoms with Crippen LogP contribution in [0.3, 0.4) is 0 Å². The Labute approximate surface area is 136 Å². The molecule has 2 aromatic rings. The van der Waals surface area contributed by atoms with Crippen molar-refractivity contribution in [3.63, 3.8) is 0 Å². The number of alkyl halides is 3. The Morgan fingerprint density at radius 1 is 1.29 bits per heavy atom. The Bertz CT molecular complexity index is 696. The number of ether oxygens (including phenoxy) is 1. The first kappa shape index (κ1) is 16.8. The van der Waals surface area contributed by atoms with E-state index in [9.17, 15) is 13.2 Å². The molecule has 1 fully saturated rings. The molecular formula is C16H17F3N2O3. The van der Waals surface area contributed by atoms with Gasteiger partial charge in [-0.2, -0.15) is 0 Å². The Hall–Kier alpha value is -2.06. The van der Waals surface area contributed by atoms with E-state index in [0.29, 0.717) is 23.6 Å². The number of hydrogen-bond acceptors (Lipinski definition) is 5. The average molecular weight is 342 g/mol. The molecule has 0 aliphatic heterocycles. The van der Waals surface area contributed by atoms with Crippen molar-refractivity contribution in [3.8, 4) is 17.0 Å². The Kier molecular flexibility index (Phi) is 4.77. The lowest BCUT2D eigenvalue weighted by molar-refractivity contribution is -0.274. The number of para-hydroxylation sites is 1. The van der Waals surface area contributed by atoms with Gasteiger partial charge >= 0.3 is 6.36 Å². The van der Waals surface area contributed by atoms with Crippen LogP contribution in [0.25, 0.3) is 11.3 Å². The molecule has 0 bridgehead atoms. The summed E-state index contributed by atoms with van der Waals surface area (Å²) < 4.78 is 47.4. The van der Waals surface area contributed by atoms with Crippen molar-refractivity contribution in [3.05, 3.63) is 35.6 Å². The predicted molar refractivity (Wildman–Crippen MR) is 79.1 cm³/mol. The lowest BCUT2D eigenvalue weighted by Crippen LogP contribution is -2.18. The summed E-state index contributed by atoms with van der Waals surface area (Å²) in [5.74, 6) is 0.609. The molecule has 0 saturated heterocycles. The van der Waals surface area contributed by atoms with Crippen LogP contribution in [0.5, 0.6) is 5.75 Å². The summed E-state index contributed by atoms with van der Waals surface area (Å²) >= 11 is 0. The van der Waals surface area contributed by atoms with E-state index in [1.807, 2.05) is 6.92 Å². The number of hydroxylamine groups is 1. The maximum Gasteiger partial charge on any atom is 0.573 e. The summed E-state index contributed by atoms with van der Waals surface area (Å²) in [5.41, 5.74) is 3.91. The largest absolute Gasteiger partial charge is 0.573 e. The molecule has 1 N–H and O–H groups in total. The first-order chi connectivity index (χ1) is 11.5. The third kappa shape index (κ3) is 3.88. The van der Waals surface area contributed by atoms with Gasteiger partial charge < -0.3 is 9.26 Å². The first-order valence-electron chi connectivity index (χ1n) is 7.68. The maximum atomic E-state index is 12.6. The SMILES string of the molecule is CCNOCc1c(-c2ccccc2OC(F)(F)F)noc1C1CC1. The number of aromatic nitrogens is 1. The highest BCUT2D eigenvalue weighted by molar-refractivity contribution is 5.70. The van der Waals surface area contributed by atoms with Crippen LogP contribution in [0.15, 0.2) is 28.8 Å². The van der Waals surface area contributed by atoms with Gasteiger partial charge in [0.05, 0.1) is 12.2 Å². The van der Waals surface area contributed by atoms with E-state index in [2.05, 4.69) is 15.4 Å². The Morgan fingerprint density at radius 3 is 2.71 bits per heavy atom. The van der Waals surface area contributed by atoms with Crippen LogP contribution >= 0.6 is 0 Å². The van der Waals surface area contributed by atoms with Gasteiger partial charge in [-0.05, 0) is 25.0 Å². The van der Waals surface area contributed by atoms with Crippen molar-refractivity contribution in [2.45, 2.75) is 38.7 Å². The van der Waals surface area contributed by atoms with Gasteiger partial charge in [-0.3, -0.25) is 4.84 Å². The molecule has 130 valence electrons. The topological polar surface area (TPSA) is 56.5 Å². The van der Waals surface area contributed by atoms with Gasteiger partial charge in [0.25, 0.3) is 0 Å². The molecule has 8 heteroatoms. The summed E-state index contributed by atoms with van der Waals surface area (Å²) in [6, 6.07) is 5.87. The zero-order chi connectivity index (χ0) is 17.2. The third-order valence-electron chi connectivity index (χ3n) is 3.60. The lowest BCUT2D eigenvalue weighted by Gasteiger charge is -2.12. The molecular weight excluding hydrogens is 325 g/mol. The van der Waals surface area contributed by atoms with E-state index in [-0.39, 0.29) is 23.8 Å². The van der Waals surface area contributed by atoms with Gasteiger partial charge in [-0.1, -0.05) is 24.2 Å². The molecule has 0 atom stereocenters. The fourth-order valence-electron chi connectivity index (χ4n) is 2.44. The Morgan fingerprint density at radius 2 is 2.04 bits per heavy atom. The highest BCUT2D eigenvalue weighted by Crippen LogP contribution is 2.45. The van der Waals surface area contributed by atoms with Gasteiger partial charge in [0.15, 0.2) is 0 Å². The molecule has 3 rings (SSSR count). The maximum absolute atomic E-state index is 12.6. The second-order valence-electron chi connectivity index (χ2n) is 5.48. The number of hydrogen-bond donors (Lipinski definition) is 1. The fourth-order valence-corrected chi connectivity index (χ4v) is 2.44. The predicted octanol–water partition coefficient (Wildman–Crippen LogP) is 4.16. The molecule has 0 spiro atoms. The lowest BCUT2D eigenvalue weighted by atomic mass is 10.0. The second kappa shape index (κ2) is 6.82. The van der Waals surface area contributed by atoms with Gasteiger partial charge in [0.2, 0.25) is 0 Å². The van der Waals surface area contributed by atoms with E-state index >= 15 is 0 Å². The van der Waals surface area contributed by atoms with Crippen LogP contribution in [0, 0.1) is 0 Å². The van der Waals surface area contributed by atoms with Crippen molar-refractivity contribution < 1.29 is 27.3 Å². The first-order valence-corrected chi connectivity index (χ1v) is 7.68. The molecule has 0 unspecified atom stereocenters. The molecule has 1 aliphatic carbocycles. The Balaban J connectivity index is 1.97. The smallest absolute Gasteiger partial charge is 0.405 e. The number of nitrogens with zero attached hydrogens (tertiary/aromatic N) is 1. The number of rotatable bonds is 7. The number of nitrogens with one attached hydrogen (secondary N) is 1. The van der Waals surface area contributed by atoms with E-state index in [4.69, 9.17) is 9.36 Å². The van der Waals surface area contributed by atoms with Crippen LogP contribution in [-0.2, 0) is 11.4 Å². The van der Waals surface area contributed by atoms with E-state index in [1.54, 1.807) is 6.07 Å². The molecule has 24 heavy (non-hydrogen) atoms. The molecule has 1 saturated carbocycles. The van der Waals surface area contributed by atoms with E-state index in [1.165, 1.54) is 18.2 Å². The quantitative estimate of drug-likeness (QED) is 0.605. The minimum Gasteiger partial charge on any atom is -0.405 e. The van der Waals surface area contributed by atoms with Crippen LogP contribution in [0.1, 0.15) is 37.0 Å². The minimum absolute atomic E-state index is 0.152. The summed E-state index contributed by atoms with van der Waals surface area (Å²) in [5, 5.41) is 3.99. The van der Waals surface area contributed by atoms with E-state index in [0.717, 1.165) is 12.8 Å². The molecule has 1 aromatic carbocycles. The zero-order valence-electron chi connectivity index (χ0n) is 13.0. The van der Waals surface area contributed by atoms with Gasteiger partial charge in [-0.25, -0.2) is 5.48 Å². The highest BCUT2D eigenvalue weighted by Gasteiger charge is 2.35.